The summed E-state index contributed by atoms with van der Waals surface area (Å²) in [6.45, 7) is 1.88. The molecule has 0 atom stereocenters. The maximum absolute atomic E-state index is 10.6. The van der Waals surface area contributed by atoms with Gasteiger partial charge in [0.1, 0.15) is 5.75 Å². The molecule has 0 amide bonds. The van der Waals surface area contributed by atoms with E-state index in [-0.39, 0.29) is 11.4 Å². The first kappa shape index (κ1) is 14.3. The van der Waals surface area contributed by atoms with Crippen LogP contribution in [0.5, 0.6) is 5.75 Å². The van der Waals surface area contributed by atoms with Crippen molar-refractivity contribution in [3.8, 4) is 11.8 Å². The number of nitro benzene ring substituents is 1. The Bertz CT molecular complexity index is 756. The third kappa shape index (κ3) is 3.25. The first-order valence-electron chi connectivity index (χ1n) is 6.17. The summed E-state index contributed by atoms with van der Waals surface area (Å²) in [5.41, 5.74) is 2.34. The highest BCUT2D eigenvalue weighted by molar-refractivity contribution is 5.90. The molecule has 0 bridgehead atoms. The van der Waals surface area contributed by atoms with Gasteiger partial charge in [-0.3, -0.25) is 10.1 Å². The molecule has 5 heteroatoms. The van der Waals surface area contributed by atoms with Crippen LogP contribution in [0.15, 0.2) is 42.5 Å². The predicted molar refractivity (Wildman–Crippen MR) is 79.4 cm³/mol. The normalized spacial score (nSPS) is 11.0. The van der Waals surface area contributed by atoms with Crippen molar-refractivity contribution in [2.45, 2.75) is 6.92 Å². The van der Waals surface area contributed by atoms with E-state index in [4.69, 9.17) is 0 Å². The summed E-state index contributed by atoms with van der Waals surface area (Å²) in [5.74, 6) is 0.0789. The molecule has 0 aliphatic carbocycles. The van der Waals surface area contributed by atoms with Crippen molar-refractivity contribution in [3.05, 3.63) is 69.3 Å². The molecule has 0 aliphatic heterocycles. The van der Waals surface area contributed by atoms with E-state index in [1.54, 1.807) is 24.3 Å². The predicted octanol–water partition coefficient (Wildman–Crippen LogP) is 3.67. The molecule has 21 heavy (non-hydrogen) atoms. The van der Waals surface area contributed by atoms with E-state index in [1.165, 1.54) is 24.3 Å². The van der Waals surface area contributed by atoms with Crippen molar-refractivity contribution in [2.24, 2.45) is 0 Å². The van der Waals surface area contributed by atoms with Gasteiger partial charge in [0.15, 0.2) is 0 Å². The lowest BCUT2D eigenvalue weighted by Gasteiger charge is -2.03. The van der Waals surface area contributed by atoms with Crippen LogP contribution in [0.2, 0.25) is 0 Å². The highest BCUT2D eigenvalue weighted by atomic mass is 16.6. The average Bonchev–Trinajstić information content (AvgIpc) is 2.48. The number of nitrogens with zero attached hydrogens (tertiary/aromatic N) is 2. The number of rotatable bonds is 3. The first-order chi connectivity index (χ1) is 10.0. The largest absolute Gasteiger partial charge is 0.507 e. The highest BCUT2D eigenvalue weighted by Gasteiger charge is 2.08. The zero-order valence-corrected chi connectivity index (χ0v) is 11.3. The number of hydrogen-bond donors (Lipinski definition) is 1. The van der Waals surface area contributed by atoms with E-state index in [0.717, 1.165) is 5.56 Å². The fourth-order valence-corrected chi connectivity index (χ4v) is 1.89. The van der Waals surface area contributed by atoms with E-state index >= 15 is 0 Å². The van der Waals surface area contributed by atoms with Gasteiger partial charge >= 0.3 is 0 Å². The number of aryl methyl sites for hydroxylation is 1. The van der Waals surface area contributed by atoms with Gasteiger partial charge in [-0.2, -0.15) is 5.26 Å². The van der Waals surface area contributed by atoms with Gasteiger partial charge in [-0.05, 0) is 42.8 Å². The number of non-ortho nitro benzene ring substituents is 1. The molecule has 0 heterocycles. The topological polar surface area (TPSA) is 87.2 Å². The lowest BCUT2D eigenvalue weighted by molar-refractivity contribution is -0.384. The highest BCUT2D eigenvalue weighted by Crippen LogP contribution is 2.25. The summed E-state index contributed by atoms with van der Waals surface area (Å²) in [7, 11) is 0. The molecule has 1 N–H and O–H groups in total. The van der Waals surface area contributed by atoms with Crippen LogP contribution >= 0.6 is 0 Å². The number of nitro groups is 1. The Hall–Kier alpha value is -3.13. The van der Waals surface area contributed by atoms with Gasteiger partial charge in [-0.15, -0.1) is 0 Å². The van der Waals surface area contributed by atoms with Crippen molar-refractivity contribution >= 4 is 17.3 Å². The molecule has 0 aliphatic rings. The van der Waals surface area contributed by atoms with Crippen LogP contribution in [0.4, 0.5) is 5.69 Å². The molecule has 5 nitrogen and oxygen atoms in total. The third-order valence-corrected chi connectivity index (χ3v) is 2.99. The van der Waals surface area contributed by atoms with Crippen LogP contribution in [-0.4, -0.2) is 10.0 Å². The Kier molecular flexibility index (Phi) is 4.00. The lowest BCUT2D eigenvalue weighted by Crippen LogP contribution is -1.88. The van der Waals surface area contributed by atoms with Crippen LogP contribution in [0.1, 0.15) is 16.7 Å². The monoisotopic (exact) mass is 280 g/mol. The van der Waals surface area contributed by atoms with Crippen LogP contribution in [0, 0.1) is 28.4 Å². The Morgan fingerprint density at radius 2 is 1.95 bits per heavy atom. The average molecular weight is 280 g/mol. The van der Waals surface area contributed by atoms with Gasteiger partial charge < -0.3 is 5.11 Å². The second-order valence-corrected chi connectivity index (χ2v) is 4.54. The number of benzene rings is 2. The molecular weight excluding hydrogens is 268 g/mol. The lowest BCUT2D eigenvalue weighted by atomic mass is 10.0. The second-order valence-electron chi connectivity index (χ2n) is 4.54. The maximum atomic E-state index is 10.6. The minimum Gasteiger partial charge on any atom is -0.507 e. The minimum absolute atomic E-state index is 0.0329. The van der Waals surface area contributed by atoms with Crippen molar-refractivity contribution in [1.82, 2.24) is 0 Å². The Labute approximate surface area is 121 Å². The zero-order valence-electron chi connectivity index (χ0n) is 11.3. The van der Waals surface area contributed by atoms with Crippen molar-refractivity contribution in [2.75, 3.05) is 0 Å². The molecule has 0 unspecified atom stereocenters. The summed E-state index contributed by atoms with van der Waals surface area (Å²) in [6.07, 6.45) is 1.56. The third-order valence-electron chi connectivity index (χ3n) is 2.99. The molecule has 0 saturated carbocycles. The van der Waals surface area contributed by atoms with E-state index in [1.807, 2.05) is 13.0 Å². The summed E-state index contributed by atoms with van der Waals surface area (Å²) in [5, 5.41) is 29.7. The zero-order chi connectivity index (χ0) is 15.4. The molecular formula is C16H12N2O3. The second kappa shape index (κ2) is 5.88. The molecule has 0 radical (unpaired) electrons. The molecule has 2 aromatic rings. The summed E-state index contributed by atoms with van der Waals surface area (Å²) in [6, 6.07) is 12.8. The number of hydrogen-bond acceptors (Lipinski definition) is 4. The number of phenolic OH excluding ortho intramolecular Hbond substituents is 1. The summed E-state index contributed by atoms with van der Waals surface area (Å²) in [4.78, 5) is 10.1. The standard InChI is InChI=1S/C16H12N2O3/c1-11-2-7-16(19)13(8-11)9-14(10-17)12-3-5-15(6-4-12)18(20)21/h2-9,19H,1H3/b14-9+. The number of nitriles is 1. The number of aromatic hydroxyl groups is 1. The van der Waals surface area contributed by atoms with Crippen molar-refractivity contribution in [1.29, 1.82) is 5.26 Å². The SMILES string of the molecule is Cc1ccc(O)c(/C=C(\C#N)c2ccc([N+](=O)[O-])cc2)c1. The van der Waals surface area contributed by atoms with E-state index in [0.29, 0.717) is 16.7 Å². The molecule has 0 aromatic heterocycles. The fourth-order valence-electron chi connectivity index (χ4n) is 1.89. The van der Waals surface area contributed by atoms with Crippen LogP contribution in [0.3, 0.4) is 0 Å². The molecule has 104 valence electrons. The Morgan fingerprint density at radius 3 is 2.52 bits per heavy atom. The van der Waals surface area contributed by atoms with Crippen molar-refractivity contribution in [3.63, 3.8) is 0 Å². The van der Waals surface area contributed by atoms with Gasteiger partial charge in [-0.1, -0.05) is 11.6 Å². The van der Waals surface area contributed by atoms with Gasteiger partial charge in [0, 0.05) is 17.7 Å². The first-order valence-corrected chi connectivity index (χ1v) is 6.17. The minimum atomic E-state index is -0.494. The van der Waals surface area contributed by atoms with Crippen molar-refractivity contribution < 1.29 is 10.0 Å². The van der Waals surface area contributed by atoms with Gasteiger partial charge in [0.2, 0.25) is 0 Å². The van der Waals surface area contributed by atoms with E-state index in [9.17, 15) is 20.5 Å². The van der Waals surface area contributed by atoms with E-state index in [2.05, 4.69) is 0 Å². The summed E-state index contributed by atoms with van der Waals surface area (Å²) >= 11 is 0. The molecule has 2 rings (SSSR count). The van der Waals surface area contributed by atoms with Crippen LogP contribution in [0.25, 0.3) is 11.6 Å². The summed E-state index contributed by atoms with van der Waals surface area (Å²) < 4.78 is 0. The maximum Gasteiger partial charge on any atom is 0.269 e. The molecule has 0 saturated heterocycles. The van der Waals surface area contributed by atoms with Crippen LogP contribution < -0.4 is 0 Å². The molecule has 2 aromatic carbocycles. The Morgan fingerprint density at radius 1 is 1.29 bits per heavy atom. The van der Waals surface area contributed by atoms with Gasteiger partial charge in [-0.25, -0.2) is 0 Å². The number of allylic oxidation sites excluding steroid dienone is 1. The van der Waals surface area contributed by atoms with Crippen LogP contribution in [-0.2, 0) is 0 Å². The molecule has 0 fully saturated rings. The smallest absolute Gasteiger partial charge is 0.269 e. The number of phenols is 1. The van der Waals surface area contributed by atoms with E-state index < -0.39 is 4.92 Å². The fraction of sp³-hybridized carbons (Fsp3) is 0.0625. The Balaban J connectivity index is 2.44. The molecule has 0 spiro atoms. The van der Waals surface area contributed by atoms with Gasteiger partial charge in [0.05, 0.1) is 16.6 Å². The van der Waals surface area contributed by atoms with Gasteiger partial charge in [0.25, 0.3) is 5.69 Å². The quantitative estimate of drug-likeness (QED) is 0.402.